The maximum absolute atomic E-state index is 13.8. The van der Waals surface area contributed by atoms with Crippen LogP contribution in [0.1, 0.15) is 24.4 Å². The molecule has 20 heavy (non-hydrogen) atoms. The van der Waals surface area contributed by atoms with Gasteiger partial charge in [0.15, 0.2) is 0 Å². The van der Waals surface area contributed by atoms with E-state index in [1.165, 1.54) is 17.4 Å². The molecule has 1 heterocycles. The Hall–Kier alpha value is -1.46. The quantitative estimate of drug-likeness (QED) is 0.883. The molecule has 0 unspecified atom stereocenters. The summed E-state index contributed by atoms with van der Waals surface area (Å²) >= 11 is 1.49. The second-order valence-electron chi connectivity index (χ2n) is 5.22. The minimum atomic E-state index is -0.444. The summed E-state index contributed by atoms with van der Waals surface area (Å²) < 4.78 is 13.8. The fraction of sp³-hybridized carbons (Fsp3) is 0.400. The van der Waals surface area contributed by atoms with E-state index in [0.29, 0.717) is 16.5 Å². The predicted molar refractivity (Wildman–Crippen MR) is 80.5 cm³/mol. The fourth-order valence-corrected chi connectivity index (χ4v) is 2.92. The van der Waals surface area contributed by atoms with Crippen LogP contribution in [0, 0.1) is 18.7 Å². The average molecular weight is 294 g/mol. The van der Waals surface area contributed by atoms with Crippen LogP contribution in [-0.2, 0) is 6.54 Å². The Labute approximate surface area is 122 Å². The molecule has 0 amide bonds. The molecule has 0 bridgehead atoms. The molecule has 1 aromatic carbocycles. The standard InChI is InChI=1S/C15H19FN2OS/c1-9(2)7-17-8-14-10(3)18-15(20-14)12-5-4-11(19)6-13(12)16/h4-6,9,17,19H,7-8H2,1-3H3. The normalized spacial score (nSPS) is 11.2. The van der Waals surface area contributed by atoms with Crippen molar-refractivity contribution in [1.29, 1.82) is 0 Å². The van der Waals surface area contributed by atoms with Crippen LogP contribution in [-0.4, -0.2) is 16.6 Å². The number of hydrogen-bond acceptors (Lipinski definition) is 4. The topological polar surface area (TPSA) is 45.2 Å². The molecule has 2 rings (SSSR count). The molecule has 1 aromatic heterocycles. The highest BCUT2D eigenvalue weighted by Crippen LogP contribution is 2.31. The summed E-state index contributed by atoms with van der Waals surface area (Å²) in [5.41, 5.74) is 1.36. The van der Waals surface area contributed by atoms with Gasteiger partial charge in [0.05, 0.1) is 5.69 Å². The summed E-state index contributed by atoms with van der Waals surface area (Å²) in [5.74, 6) is 0.0797. The Morgan fingerprint density at radius 2 is 2.15 bits per heavy atom. The molecule has 0 aliphatic rings. The summed E-state index contributed by atoms with van der Waals surface area (Å²) in [6, 6.07) is 4.16. The third kappa shape index (κ3) is 3.55. The van der Waals surface area contributed by atoms with Crippen molar-refractivity contribution in [3.8, 4) is 16.3 Å². The van der Waals surface area contributed by atoms with Gasteiger partial charge < -0.3 is 10.4 Å². The number of aromatic nitrogens is 1. The molecule has 0 saturated carbocycles. The number of phenols is 1. The Kier molecular flexibility index (Phi) is 4.73. The van der Waals surface area contributed by atoms with Crippen LogP contribution in [0.4, 0.5) is 4.39 Å². The van der Waals surface area contributed by atoms with E-state index in [0.717, 1.165) is 29.7 Å². The zero-order valence-corrected chi connectivity index (χ0v) is 12.7. The van der Waals surface area contributed by atoms with E-state index in [-0.39, 0.29) is 5.75 Å². The van der Waals surface area contributed by atoms with E-state index in [2.05, 4.69) is 24.1 Å². The number of aryl methyl sites for hydroxylation is 1. The highest BCUT2D eigenvalue weighted by atomic mass is 32.1. The van der Waals surface area contributed by atoms with Gasteiger partial charge in [-0.3, -0.25) is 0 Å². The summed E-state index contributed by atoms with van der Waals surface area (Å²) in [5, 5.41) is 13.3. The summed E-state index contributed by atoms with van der Waals surface area (Å²) in [6.07, 6.45) is 0. The lowest BCUT2D eigenvalue weighted by Crippen LogP contribution is -2.18. The van der Waals surface area contributed by atoms with E-state index in [1.807, 2.05) is 6.92 Å². The lowest BCUT2D eigenvalue weighted by atomic mass is 10.2. The number of phenolic OH excluding ortho intramolecular Hbond substituents is 1. The Balaban J connectivity index is 2.18. The first kappa shape index (κ1) is 14.9. The highest BCUT2D eigenvalue weighted by molar-refractivity contribution is 7.15. The molecule has 5 heteroatoms. The molecule has 0 spiro atoms. The second-order valence-corrected chi connectivity index (χ2v) is 6.30. The van der Waals surface area contributed by atoms with Crippen LogP contribution < -0.4 is 5.32 Å². The average Bonchev–Trinajstić information content (AvgIpc) is 2.70. The number of aromatic hydroxyl groups is 1. The van der Waals surface area contributed by atoms with Crippen LogP contribution in [0.2, 0.25) is 0 Å². The van der Waals surface area contributed by atoms with Crippen molar-refractivity contribution in [2.45, 2.75) is 27.3 Å². The molecule has 0 aliphatic heterocycles. The third-order valence-corrected chi connectivity index (χ3v) is 4.10. The van der Waals surface area contributed by atoms with Gasteiger partial charge in [-0.05, 0) is 31.5 Å². The van der Waals surface area contributed by atoms with Gasteiger partial charge >= 0.3 is 0 Å². The molecule has 0 aliphatic carbocycles. The maximum atomic E-state index is 13.8. The number of benzene rings is 1. The Morgan fingerprint density at radius 1 is 1.40 bits per heavy atom. The number of rotatable bonds is 5. The third-order valence-electron chi connectivity index (χ3n) is 2.91. The molecule has 3 nitrogen and oxygen atoms in total. The van der Waals surface area contributed by atoms with Crippen molar-refractivity contribution in [1.82, 2.24) is 10.3 Å². The van der Waals surface area contributed by atoms with Gasteiger partial charge in [0, 0.05) is 23.1 Å². The molecule has 0 atom stereocenters. The molecule has 108 valence electrons. The molecular formula is C15H19FN2OS. The highest BCUT2D eigenvalue weighted by Gasteiger charge is 2.13. The van der Waals surface area contributed by atoms with Crippen LogP contribution in [0.5, 0.6) is 5.75 Å². The van der Waals surface area contributed by atoms with Gasteiger partial charge in [-0.25, -0.2) is 9.37 Å². The van der Waals surface area contributed by atoms with Gasteiger partial charge in [-0.15, -0.1) is 11.3 Å². The molecule has 2 N–H and O–H groups in total. The zero-order valence-electron chi connectivity index (χ0n) is 11.9. The van der Waals surface area contributed by atoms with E-state index < -0.39 is 5.82 Å². The van der Waals surface area contributed by atoms with Crippen molar-refractivity contribution < 1.29 is 9.50 Å². The van der Waals surface area contributed by atoms with Gasteiger partial charge in [-0.1, -0.05) is 13.8 Å². The van der Waals surface area contributed by atoms with E-state index in [1.54, 1.807) is 6.07 Å². The fourth-order valence-electron chi connectivity index (χ4n) is 1.86. The Bertz CT molecular complexity index is 596. The molecule has 0 fully saturated rings. The van der Waals surface area contributed by atoms with Crippen LogP contribution >= 0.6 is 11.3 Å². The minimum Gasteiger partial charge on any atom is -0.508 e. The number of nitrogens with zero attached hydrogens (tertiary/aromatic N) is 1. The lowest BCUT2D eigenvalue weighted by molar-refractivity contribution is 0.469. The maximum Gasteiger partial charge on any atom is 0.137 e. The zero-order chi connectivity index (χ0) is 14.7. The first-order chi connectivity index (χ1) is 9.47. The number of hydrogen-bond donors (Lipinski definition) is 2. The van der Waals surface area contributed by atoms with Crippen molar-refractivity contribution in [2.75, 3.05) is 6.54 Å². The minimum absolute atomic E-state index is 0.0710. The number of thiazole rings is 1. The van der Waals surface area contributed by atoms with Crippen molar-refractivity contribution >= 4 is 11.3 Å². The van der Waals surface area contributed by atoms with Crippen LogP contribution in [0.15, 0.2) is 18.2 Å². The molecule has 0 saturated heterocycles. The second kappa shape index (κ2) is 6.33. The lowest BCUT2D eigenvalue weighted by Gasteiger charge is -2.05. The summed E-state index contributed by atoms with van der Waals surface area (Å²) in [7, 11) is 0. The van der Waals surface area contributed by atoms with Crippen LogP contribution in [0.25, 0.3) is 10.6 Å². The van der Waals surface area contributed by atoms with E-state index in [9.17, 15) is 9.50 Å². The predicted octanol–water partition coefficient (Wildman–Crippen LogP) is 3.71. The van der Waals surface area contributed by atoms with Gasteiger partial charge in [0.1, 0.15) is 16.6 Å². The Morgan fingerprint density at radius 3 is 2.80 bits per heavy atom. The van der Waals surface area contributed by atoms with Gasteiger partial charge in [0.25, 0.3) is 0 Å². The first-order valence-corrected chi connectivity index (χ1v) is 7.45. The van der Waals surface area contributed by atoms with Crippen molar-refractivity contribution in [3.63, 3.8) is 0 Å². The molecule has 0 radical (unpaired) electrons. The number of halogens is 1. The van der Waals surface area contributed by atoms with Crippen molar-refractivity contribution in [3.05, 3.63) is 34.6 Å². The molecule has 2 aromatic rings. The monoisotopic (exact) mass is 294 g/mol. The number of nitrogens with one attached hydrogen (secondary N) is 1. The van der Waals surface area contributed by atoms with Crippen LogP contribution in [0.3, 0.4) is 0 Å². The first-order valence-electron chi connectivity index (χ1n) is 6.63. The van der Waals surface area contributed by atoms with E-state index >= 15 is 0 Å². The smallest absolute Gasteiger partial charge is 0.137 e. The van der Waals surface area contributed by atoms with Crippen molar-refractivity contribution in [2.24, 2.45) is 5.92 Å². The summed E-state index contributed by atoms with van der Waals surface area (Å²) in [4.78, 5) is 5.54. The SMILES string of the molecule is Cc1nc(-c2ccc(O)cc2F)sc1CNCC(C)C. The van der Waals surface area contributed by atoms with Gasteiger partial charge in [0.2, 0.25) is 0 Å². The molecular weight excluding hydrogens is 275 g/mol. The largest absolute Gasteiger partial charge is 0.508 e. The summed E-state index contributed by atoms with van der Waals surface area (Å²) in [6.45, 7) is 7.94. The van der Waals surface area contributed by atoms with Gasteiger partial charge in [-0.2, -0.15) is 0 Å². The van der Waals surface area contributed by atoms with E-state index in [4.69, 9.17) is 0 Å².